The van der Waals surface area contributed by atoms with Gasteiger partial charge in [-0.1, -0.05) is 87.0 Å². The summed E-state index contributed by atoms with van der Waals surface area (Å²) in [5, 5.41) is 0. The third-order valence-corrected chi connectivity index (χ3v) is 5.79. The fourth-order valence-electron chi connectivity index (χ4n) is 3.96. The average molecular weight is 428 g/mol. The molecule has 0 saturated heterocycles. The molecule has 0 amide bonds. The molecule has 0 aromatic heterocycles. The lowest BCUT2D eigenvalue weighted by Crippen LogP contribution is -2.19. The Morgan fingerprint density at radius 2 is 1.38 bits per heavy atom. The van der Waals surface area contributed by atoms with E-state index in [-0.39, 0.29) is 0 Å². The molecule has 3 rings (SSSR count). The number of aryl methyl sites for hydroxylation is 1. The van der Waals surface area contributed by atoms with Crippen LogP contribution in [-0.4, -0.2) is 32.1 Å². The van der Waals surface area contributed by atoms with E-state index in [0.29, 0.717) is 6.61 Å². The maximum atomic E-state index is 5.92. The maximum Gasteiger partial charge on any atom is 0.119 e. The Labute approximate surface area is 194 Å². The molecule has 2 nitrogen and oxygen atoms in total. The predicted octanol–water partition coefficient (Wildman–Crippen LogP) is 7.34. The molecule has 32 heavy (non-hydrogen) atoms. The van der Waals surface area contributed by atoms with Crippen LogP contribution in [0.2, 0.25) is 0 Å². The Hall–Kier alpha value is -2.84. The highest BCUT2D eigenvalue weighted by Gasteiger charge is 2.13. The van der Waals surface area contributed by atoms with Gasteiger partial charge in [0, 0.05) is 6.54 Å². The van der Waals surface area contributed by atoms with Crippen molar-refractivity contribution in [1.82, 2.24) is 4.90 Å². The van der Waals surface area contributed by atoms with Gasteiger partial charge in [0.05, 0.1) is 0 Å². The molecule has 0 aliphatic heterocycles. The standard InChI is InChI=1S/C30H37NO/c1-5-7-11-24-14-16-26(17-15-24)30(29(6-2)25-12-9-8-10-13-25)27-18-20-28(21-19-27)32-23-22-31(3)4/h8-10,12-21H,5-7,11,22-23H2,1-4H3/b30-29-. The largest absolute Gasteiger partial charge is 0.492 e. The molecule has 0 aliphatic rings. The Bertz CT molecular complexity index is 970. The van der Waals surface area contributed by atoms with Crippen molar-refractivity contribution in [2.75, 3.05) is 27.2 Å². The van der Waals surface area contributed by atoms with E-state index in [1.54, 1.807) is 0 Å². The van der Waals surface area contributed by atoms with Gasteiger partial charge in [-0.15, -0.1) is 0 Å². The first kappa shape index (κ1) is 23.8. The summed E-state index contributed by atoms with van der Waals surface area (Å²) in [6, 6.07) is 28.5. The molecule has 0 unspecified atom stereocenters. The van der Waals surface area contributed by atoms with Crippen LogP contribution in [-0.2, 0) is 6.42 Å². The third-order valence-electron chi connectivity index (χ3n) is 5.79. The predicted molar refractivity (Wildman–Crippen MR) is 138 cm³/mol. The summed E-state index contributed by atoms with van der Waals surface area (Å²) < 4.78 is 5.92. The number of likely N-dealkylation sites (N-methyl/N-ethyl adjacent to an activating group) is 1. The second kappa shape index (κ2) is 12.3. The molecule has 0 radical (unpaired) electrons. The van der Waals surface area contributed by atoms with Crippen molar-refractivity contribution in [3.63, 3.8) is 0 Å². The molecule has 0 N–H and O–H groups in total. The Morgan fingerprint density at radius 1 is 0.750 bits per heavy atom. The summed E-state index contributed by atoms with van der Waals surface area (Å²) in [4.78, 5) is 2.13. The van der Waals surface area contributed by atoms with Crippen molar-refractivity contribution >= 4 is 11.1 Å². The lowest BCUT2D eigenvalue weighted by atomic mass is 9.87. The summed E-state index contributed by atoms with van der Waals surface area (Å²) in [6.07, 6.45) is 4.58. The molecule has 0 spiro atoms. The van der Waals surface area contributed by atoms with Crippen molar-refractivity contribution in [2.45, 2.75) is 39.5 Å². The molecule has 0 bridgehead atoms. The molecular formula is C30H37NO. The van der Waals surface area contributed by atoms with E-state index in [1.165, 1.54) is 46.2 Å². The molecule has 0 aliphatic carbocycles. The van der Waals surface area contributed by atoms with Crippen molar-refractivity contribution in [1.29, 1.82) is 0 Å². The smallest absolute Gasteiger partial charge is 0.119 e. The van der Waals surface area contributed by atoms with E-state index in [9.17, 15) is 0 Å². The van der Waals surface area contributed by atoms with Crippen LogP contribution in [0.5, 0.6) is 5.75 Å². The maximum absolute atomic E-state index is 5.92. The summed E-state index contributed by atoms with van der Waals surface area (Å²) in [5.74, 6) is 0.919. The first-order valence-electron chi connectivity index (χ1n) is 11.9. The highest BCUT2D eigenvalue weighted by molar-refractivity contribution is 5.98. The van der Waals surface area contributed by atoms with Crippen LogP contribution in [0.4, 0.5) is 0 Å². The lowest BCUT2D eigenvalue weighted by Gasteiger charge is -2.17. The fourth-order valence-corrected chi connectivity index (χ4v) is 3.96. The minimum Gasteiger partial charge on any atom is -0.492 e. The first-order valence-corrected chi connectivity index (χ1v) is 11.9. The number of hydrogen-bond acceptors (Lipinski definition) is 2. The number of nitrogens with zero attached hydrogens (tertiary/aromatic N) is 1. The topological polar surface area (TPSA) is 12.5 Å². The molecule has 2 heteroatoms. The van der Waals surface area contributed by atoms with E-state index in [4.69, 9.17) is 4.74 Å². The highest BCUT2D eigenvalue weighted by atomic mass is 16.5. The molecular weight excluding hydrogens is 390 g/mol. The van der Waals surface area contributed by atoms with Crippen molar-refractivity contribution < 1.29 is 4.74 Å². The summed E-state index contributed by atoms with van der Waals surface area (Å²) in [6.45, 7) is 6.09. The molecule has 3 aromatic carbocycles. The zero-order valence-corrected chi connectivity index (χ0v) is 20.1. The SMILES string of the molecule is CCCCc1ccc(/C(=C(\CC)c2ccccc2)c2ccc(OCCN(C)C)cc2)cc1. The fraction of sp³-hybridized carbons (Fsp3) is 0.333. The van der Waals surface area contributed by atoms with Crippen LogP contribution < -0.4 is 4.74 Å². The zero-order valence-electron chi connectivity index (χ0n) is 20.1. The van der Waals surface area contributed by atoms with E-state index in [1.807, 2.05) is 0 Å². The monoisotopic (exact) mass is 427 g/mol. The molecule has 0 atom stereocenters. The quantitative estimate of drug-likeness (QED) is 0.297. The Morgan fingerprint density at radius 3 is 1.94 bits per heavy atom. The minimum absolute atomic E-state index is 0.693. The van der Waals surface area contributed by atoms with Crippen LogP contribution in [0.1, 0.15) is 55.4 Å². The highest BCUT2D eigenvalue weighted by Crippen LogP contribution is 2.35. The van der Waals surface area contributed by atoms with Gasteiger partial charge in [-0.3, -0.25) is 0 Å². The zero-order chi connectivity index (χ0) is 22.8. The molecule has 3 aromatic rings. The third kappa shape index (κ3) is 6.58. The number of ether oxygens (including phenoxy) is 1. The van der Waals surface area contributed by atoms with Gasteiger partial charge in [0.1, 0.15) is 12.4 Å². The van der Waals surface area contributed by atoms with Gasteiger partial charge in [0.2, 0.25) is 0 Å². The minimum atomic E-state index is 0.693. The molecule has 0 heterocycles. The normalized spacial score (nSPS) is 12.0. The first-order chi connectivity index (χ1) is 15.6. The van der Waals surface area contributed by atoms with Crippen molar-refractivity contribution in [3.05, 3.63) is 101 Å². The summed E-state index contributed by atoms with van der Waals surface area (Å²) in [5.41, 5.74) is 7.87. The molecule has 0 fully saturated rings. The number of hydrogen-bond donors (Lipinski definition) is 0. The van der Waals surface area contributed by atoms with Crippen molar-refractivity contribution in [3.8, 4) is 5.75 Å². The summed E-state index contributed by atoms with van der Waals surface area (Å²) >= 11 is 0. The lowest BCUT2D eigenvalue weighted by molar-refractivity contribution is 0.261. The second-order valence-electron chi connectivity index (χ2n) is 8.55. The second-order valence-corrected chi connectivity index (χ2v) is 8.55. The van der Waals surface area contributed by atoms with Crippen molar-refractivity contribution in [2.24, 2.45) is 0 Å². The molecule has 168 valence electrons. The van der Waals surface area contributed by atoms with Gasteiger partial charge < -0.3 is 9.64 Å². The van der Waals surface area contributed by atoms with Gasteiger partial charge >= 0.3 is 0 Å². The number of unbranched alkanes of at least 4 members (excludes halogenated alkanes) is 1. The Kier molecular flexibility index (Phi) is 9.13. The van der Waals surface area contributed by atoms with Crippen LogP contribution in [0.3, 0.4) is 0 Å². The van der Waals surface area contributed by atoms with Crippen LogP contribution in [0.25, 0.3) is 11.1 Å². The van der Waals surface area contributed by atoms with Gasteiger partial charge in [0.25, 0.3) is 0 Å². The number of rotatable bonds is 11. The molecule has 0 saturated carbocycles. The van der Waals surface area contributed by atoms with Gasteiger partial charge in [-0.05, 0) is 78.9 Å². The van der Waals surface area contributed by atoms with E-state index in [2.05, 4.69) is 112 Å². The van der Waals surface area contributed by atoms with Crippen LogP contribution in [0, 0.1) is 0 Å². The van der Waals surface area contributed by atoms with Gasteiger partial charge in [0.15, 0.2) is 0 Å². The van der Waals surface area contributed by atoms with E-state index >= 15 is 0 Å². The average Bonchev–Trinajstić information content (AvgIpc) is 2.82. The van der Waals surface area contributed by atoms with Crippen LogP contribution >= 0.6 is 0 Å². The number of benzene rings is 3. The Balaban J connectivity index is 1.98. The van der Waals surface area contributed by atoms with Crippen LogP contribution in [0.15, 0.2) is 78.9 Å². The number of allylic oxidation sites excluding steroid dienone is 1. The summed E-state index contributed by atoms with van der Waals surface area (Å²) in [7, 11) is 4.12. The van der Waals surface area contributed by atoms with E-state index < -0.39 is 0 Å². The van der Waals surface area contributed by atoms with E-state index in [0.717, 1.165) is 25.1 Å². The van der Waals surface area contributed by atoms with Gasteiger partial charge in [-0.25, -0.2) is 0 Å². The van der Waals surface area contributed by atoms with Gasteiger partial charge in [-0.2, -0.15) is 0 Å².